The lowest BCUT2D eigenvalue weighted by Gasteiger charge is -2.23. The van der Waals surface area contributed by atoms with Crippen molar-refractivity contribution < 1.29 is 31.1 Å². The predicted molar refractivity (Wildman–Crippen MR) is 48.0 cm³/mol. The molecule has 11 heteroatoms. The zero-order valence-electron chi connectivity index (χ0n) is 8.18. The van der Waals surface area contributed by atoms with Crippen molar-refractivity contribution in [2.75, 3.05) is 5.73 Å². The van der Waals surface area contributed by atoms with E-state index in [1.165, 1.54) is 0 Å². The van der Waals surface area contributed by atoms with E-state index in [0.29, 0.717) is 0 Å². The molecule has 18 heavy (non-hydrogen) atoms. The topological polar surface area (TPSA) is 61.0 Å². The number of ether oxygens (including phenoxy) is 1. The van der Waals surface area contributed by atoms with Crippen molar-refractivity contribution in [3.8, 4) is 5.88 Å². The smallest absolute Gasteiger partial charge is 0.434 e. The molecule has 1 rings (SSSR count). The molecule has 0 aromatic carbocycles. The molecule has 1 aromatic heterocycles. The molecule has 0 aliphatic rings. The van der Waals surface area contributed by atoms with Gasteiger partial charge in [0.15, 0.2) is 0 Å². The van der Waals surface area contributed by atoms with Crippen molar-refractivity contribution >= 4 is 17.5 Å². The summed E-state index contributed by atoms with van der Waals surface area (Å²) < 4.78 is 76.8. The molecule has 0 saturated heterocycles. The Morgan fingerprint density at radius 1 is 1.17 bits per heavy atom. The highest BCUT2D eigenvalue weighted by Crippen LogP contribution is 2.37. The number of anilines is 1. The highest BCUT2D eigenvalue weighted by molar-refractivity contribution is 6.31. The number of halogens is 7. The van der Waals surface area contributed by atoms with Crippen LogP contribution in [0, 0.1) is 0 Å². The first-order chi connectivity index (χ1) is 8.01. The van der Waals surface area contributed by atoms with E-state index in [0.717, 1.165) is 6.20 Å². The Bertz CT molecular complexity index is 420. The molecular weight excluding hydrogens is 292 g/mol. The monoisotopic (exact) mass is 295 g/mol. The van der Waals surface area contributed by atoms with Crippen LogP contribution < -0.4 is 10.5 Å². The molecule has 1 heterocycles. The maximum absolute atomic E-state index is 12.2. The highest BCUT2D eigenvalue weighted by Gasteiger charge is 2.59. The van der Waals surface area contributed by atoms with E-state index in [-0.39, 0.29) is 0 Å². The van der Waals surface area contributed by atoms with Gasteiger partial charge in [-0.2, -0.15) is 31.3 Å². The molecule has 0 unspecified atom stereocenters. The molecular formula is C7H4ClF6N3O. The number of alkyl halides is 6. The summed E-state index contributed by atoms with van der Waals surface area (Å²) in [5.74, 6) is -1.67. The summed E-state index contributed by atoms with van der Waals surface area (Å²) >= 11 is 5.30. The van der Waals surface area contributed by atoms with Gasteiger partial charge < -0.3 is 10.5 Å². The minimum atomic E-state index is -5.67. The highest BCUT2D eigenvalue weighted by atomic mass is 35.5. The van der Waals surface area contributed by atoms with Crippen molar-refractivity contribution in [1.29, 1.82) is 0 Å². The lowest BCUT2D eigenvalue weighted by Crippen LogP contribution is -2.46. The summed E-state index contributed by atoms with van der Waals surface area (Å²) in [7, 11) is 0. The van der Waals surface area contributed by atoms with Gasteiger partial charge >= 0.3 is 12.4 Å². The zero-order valence-corrected chi connectivity index (χ0v) is 8.94. The van der Waals surface area contributed by atoms with Gasteiger partial charge in [-0.3, -0.25) is 0 Å². The largest absolute Gasteiger partial charge is 0.454 e. The summed E-state index contributed by atoms with van der Waals surface area (Å²) in [6.45, 7) is 0. The number of hydrogen-bond acceptors (Lipinski definition) is 4. The third-order valence-corrected chi connectivity index (χ3v) is 1.81. The van der Waals surface area contributed by atoms with Crippen LogP contribution in [0.25, 0.3) is 0 Å². The first-order valence-electron chi connectivity index (χ1n) is 4.10. The Kier molecular flexibility index (Phi) is 3.79. The second-order valence-corrected chi connectivity index (χ2v) is 3.37. The van der Waals surface area contributed by atoms with Crippen LogP contribution in [0.1, 0.15) is 0 Å². The molecule has 0 aliphatic carbocycles. The predicted octanol–water partition coefficient (Wildman–Crippen LogP) is 2.58. The van der Waals surface area contributed by atoms with Gasteiger partial charge in [0.1, 0.15) is 5.02 Å². The number of hydrogen-bond donors (Lipinski definition) is 1. The van der Waals surface area contributed by atoms with Gasteiger partial charge in [-0.15, -0.1) is 0 Å². The first kappa shape index (κ1) is 14.6. The van der Waals surface area contributed by atoms with Crippen LogP contribution in [0.3, 0.4) is 0 Å². The molecule has 4 nitrogen and oxygen atoms in total. The van der Waals surface area contributed by atoms with E-state index >= 15 is 0 Å². The van der Waals surface area contributed by atoms with Crippen molar-refractivity contribution in [1.82, 2.24) is 9.97 Å². The number of aromatic nitrogens is 2. The quantitative estimate of drug-likeness (QED) is 0.852. The van der Waals surface area contributed by atoms with Gasteiger partial charge in [0.05, 0.1) is 6.20 Å². The summed E-state index contributed by atoms with van der Waals surface area (Å²) in [5.41, 5.74) is 5.00. The van der Waals surface area contributed by atoms with Crippen LogP contribution in [0.2, 0.25) is 5.02 Å². The average Bonchev–Trinajstić information content (AvgIpc) is 2.15. The molecule has 0 amide bonds. The Balaban J connectivity index is 3.08. The molecule has 0 saturated carbocycles. The summed E-state index contributed by atoms with van der Waals surface area (Å²) in [6.07, 6.45) is -14.7. The molecule has 0 bridgehead atoms. The van der Waals surface area contributed by atoms with Crippen LogP contribution in [-0.4, -0.2) is 28.4 Å². The van der Waals surface area contributed by atoms with Crippen molar-refractivity contribution in [3.05, 3.63) is 11.2 Å². The lowest BCUT2D eigenvalue weighted by atomic mass is 10.3. The average molecular weight is 296 g/mol. The van der Waals surface area contributed by atoms with E-state index in [1.54, 1.807) is 0 Å². The molecule has 102 valence electrons. The van der Waals surface area contributed by atoms with Crippen molar-refractivity contribution in [3.63, 3.8) is 0 Å². The normalized spacial score (nSPS) is 12.9. The maximum Gasteiger partial charge on any atom is 0.434 e. The van der Waals surface area contributed by atoms with Crippen LogP contribution in [-0.2, 0) is 0 Å². The lowest BCUT2D eigenvalue weighted by molar-refractivity contribution is -0.300. The van der Waals surface area contributed by atoms with E-state index < -0.39 is 35.3 Å². The van der Waals surface area contributed by atoms with E-state index in [9.17, 15) is 26.3 Å². The van der Waals surface area contributed by atoms with Gasteiger partial charge in [-0.25, -0.2) is 4.98 Å². The third-order valence-electron chi connectivity index (χ3n) is 1.55. The van der Waals surface area contributed by atoms with Gasteiger partial charge in [-0.05, 0) is 0 Å². The second kappa shape index (κ2) is 4.67. The van der Waals surface area contributed by atoms with Crippen LogP contribution in [0.15, 0.2) is 6.20 Å². The molecule has 0 atom stereocenters. The minimum Gasteiger partial charge on any atom is -0.454 e. The molecule has 2 N–H and O–H groups in total. The van der Waals surface area contributed by atoms with E-state index in [2.05, 4.69) is 14.7 Å². The van der Waals surface area contributed by atoms with Gasteiger partial charge in [0, 0.05) is 0 Å². The van der Waals surface area contributed by atoms with E-state index in [1.807, 2.05) is 0 Å². The SMILES string of the molecule is Nc1ncc(Cl)c(OC(C(F)(F)F)C(F)(F)F)n1. The third kappa shape index (κ3) is 3.52. The molecule has 1 aromatic rings. The van der Waals surface area contributed by atoms with Gasteiger partial charge in [0.2, 0.25) is 11.8 Å². The maximum atomic E-state index is 12.2. The number of nitrogens with two attached hydrogens (primary N) is 1. The molecule has 0 fully saturated rings. The van der Waals surface area contributed by atoms with Crippen LogP contribution in [0.4, 0.5) is 32.3 Å². The van der Waals surface area contributed by atoms with Crippen LogP contribution in [0.5, 0.6) is 5.88 Å². The number of nitrogens with zero attached hydrogens (tertiary/aromatic N) is 2. The second-order valence-electron chi connectivity index (χ2n) is 2.96. The fourth-order valence-electron chi connectivity index (χ4n) is 0.878. The van der Waals surface area contributed by atoms with Gasteiger partial charge in [0.25, 0.3) is 6.10 Å². The van der Waals surface area contributed by atoms with Gasteiger partial charge in [-0.1, -0.05) is 11.6 Å². The summed E-state index contributed by atoms with van der Waals surface area (Å²) in [5, 5.41) is -0.623. The Morgan fingerprint density at radius 3 is 2.11 bits per heavy atom. The van der Waals surface area contributed by atoms with Crippen molar-refractivity contribution in [2.24, 2.45) is 0 Å². The molecule has 0 spiro atoms. The standard InChI is InChI=1S/C7H4ClF6N3O/c8-2-1-16-5(15)17-3(2)18-4(6(9,10)11)7(12,13)14/h1,4H,(H2,15,16,17). The number of nitrogen functional groups attached to an aromatic ring is 1. The van der Waals surface area contributed by atoms with Crippen molar-refractivity contribution in [2.45, 2.75) is 18.5 Å². The number of rotatable bonds is 2. The zero-order chi connectivity index (χ0) is 14.1. The van der Waals surface area contributed by atoms with Crippen LogP contribution >= 0.6 is 11.6 Å². The molecule has 0 aliphatic heterocycles. The Hall–Kier alpha value is -1.45. The summed E-state index contributed by atoms with van der Waals surface area (Å²) in [6, 6.07) is 0. The fourth-order valence-corrected chi connectivity index (χ4v) is 1.01. The van der Waals surface area contributed by atoms with E-state index in [4.69, 9.17) is 17.3 Å². The summed E-state index contributed by atoms with van der Waals surface area (Å²) in [4.78, 5) is 6.32. The fraction of sp³-hybridized carbons (Fsp3) is 0.429. The Morgan fingerprint density at radius 2 is 1.67 bits per heavy atom. The first-order valence-corrected chi connectivity index (χ1v) is 4.47. The Labute approximate surface area is 101 Å². The molecule has 0 radical (unpaired) electrons. The minimum absolute atomic E-state index is 0.572.